The summed E-state index contributed by atoms with van der Waals surface area (Å²) in [4.78, 5) is 0. The number of benzene rings is 3. The minimum absolute atomic E-state index is 0.114. The van der Waals surface area contributed by atoms with Gasteiger partial charge in [0, 0.05) is 20.3 Å². The summed E-state index contributed by atoms with van der Waals surface area (Å²) in [6.07, 6.45) is 0. The maximum Gasteiger partial charge on any atom is 0.407 e. The van der Waals surface area contributed by atoms with Crippen LogP contribution in [0.1, 0.15) is 0 Å². The monoisotopic (exact) mass is 370 g/mol. The zero-order chi connectivity index (χ0) is 13.5. The predicted molar refractivity (Wildman–Crippen MR) is 95.7 cm³/mol. The van der Waals surface area contributed by atoms with E-state index in [0.29, 0.717) is 0 Å². The van der Waals surface area contributed by atoms with Crippen molar-refractivity contribution in [3.8, 4) is 0 Å². The average molecular weight is 370 g/mol. The van der Waals surface area contributed by atoms with E-state index >= 15 is 0 Å². The quantitative estimate of drug-likeness (QED) is 0.505. The van der Waals surface area contributed by atoms with Crippen molar-refractivity contribution < 1.29 is 0 Å². The SMILES string of the molecule is Ic1ccccc1B1Nc2cccc3cccc(c23)N1. The minimum Gasteiger partial charge on any atom is -0.405 e. The topological polar surface area (TPSA) is 24.1 Å². The maximum absolute atomic E-state index is 3.60. The molecule has 0 aromatic heterocycles. The number of nitrogens with one attached hydrogen (secondary N) is 2. The lowest BCUT2D eigenvalue weighted by Crippen LogP contribution is -2.49. The summed E-state index contributed by atoms with van der Waals surface area (Å²) in [7, 11) is 0. The van der Waals surface area contributed by atoms with Crippen LogP contribution in [-0.4, -0.2) is 6.98 Å². The van der Waals surface area contributed by atoms with Gasteiger partial charge in [-0.15, -0.1) is 0 Å². The Morgan fingerprint density at radius 2 is 1.40 bits per heavy atom. The standard InChI is InChI=1S/C16H12BIN2/c18-13-8-2-1-7-12(13)17-19-14-9-3-5-11-6-4-10-15(20-17)16(11)14/h1-10,19-20H. The fourth-order valence-corrected chi connectivity index (χ4v) is 3.49. The van der Waals surface area contributed by atoms with E-state index in [9.17, 15) is 0 Å². The van der Waals surface area contributed by atoms with Crippen molar-refractivity contribution in [3.05, 3.63) is 64.2 Å². The molecule has 0 amide bonds. The van der Waals surface area contributed by atoms with Crippen LogP contribution in [0.15, 0.2) is 60.7 Å². The van der Waals surface area contributed by atoms with Crippen LogP contribution in [0.4, 0.5) is 11.4 Å². The van der Waals surface area contributed by atoms with Gasteiger partial charge in [-0.25, -0.2) is 0 Å². The summed E-state index contributed by atoms with van der Waals surface area (Å²) in [6.45, 7) is 0.114. The molecule has 0 bridgehead atoms. The smallest absolute Gasteiger partial charge is 0.405 e. The molecule has 3 aromatic carbocycles. The van der Waals surface area contributed by atoms with Gasteiger partial charge in [0.2, 0.25) is 0 Å². The molecular weight excluding hydrogens is 358 g/mol. The molecule has 2 nitrogen and oxygen atoms in total. The number of halogens is 1. The third-order valence-electron chi connectivity index (χ3n) is 3.72. The summed E-state index contributed by atoms with van der Waals surface area (Å²) in [5, 5.41) is 9.75. The van der Waals surface area contributed by atoms with Crippen molar-refractivity contribution in [3.63, 3.8) is 0 Å². The molecule has 0 fully saturated rings. The molecule has 0 saturated carbocycles. The first kappa shape index (κ1) is 12.1. The molecule has 96 valence electrons. The number of hydrogen-bond donors (Lipinski definition) is 2. The Bertz CT molecular complexity index is 763. The Balaban J connectivity index is 1.86. The number of rotatable bonds is 1. The van der Waals surface area contributed by atoms with E-state index in [-0.39, 0.29) is 6.98 Å². The summed E-state index contributed by atoms with van der Waals surface area (Å²) >= 11 is 2.39. The van der Waals surface area contributed by atoms with E-state index < -0.39 is 0 Å². The lowest BCUT2D eigenvalue weighted by Gasteiger charge is -2.27. The van der Waals surface area contributed by atoms with Gasteiger partial charge in [-0.3, -0.25) is 0 Å². The lowest BCUT2D eigenvalue weighted by atomic mass is 9.66. The highest BCUT2D eigenvalue weighted by Gasteiger charge is 2.26. The van der Waals surface area contributed by atoms with Crippen LogP contribution in [0, 0.1) is 3.57 Å². The van der Waals surface area contributed by atoms with Crippen LogP contribution >= 0.6 is 22.6 Å². The van der Waals surface area contributed by atoms with Gasteiger partial charge in [-0.05, 0) is 51.6 Å². The fraction of sp³-hybridized carbons (Fsp3) is 0. The Labute approximate surface area is 131 Å². The first-order chi connectivity index (χ1) is 9.83. The molecule has 4 heteroatoms. The second-order valence-electron chi connectivity index (χ2n) is 4.95. The van der Waals surface area contributed by atoms with Crippen LogP contribution < -0.4 is 15.9 Å². The molecule has 1 aliphatic rings. The molecule has 0 radical (unpaired) electrons. The van der Waals surface area contributed by atoms with Gasteiger partial charge < -0.3 is 10.5 Å². The predicted octanol–water partition coefficient (Wildman–Crippen LogP) is 3.68. The normalized spacial score (nSPS) is 12.9. The molecule has 0 aliphatic carbocycles. The van der Waals surface area contributed by atoms with E-state index in [1.165, 1.54) is 31.2 Å². The summed E-state index contributed by atoms with van der Waals surface area (Å²) in [5.74, 6) is 0. The van der Waals surface area contributed by atoms with Gasteiger partial charge in [-0.1, -0.05) is 42.5 Å². The van der Waals surface area contributed by atoms with E-state index in [1.54, 1.807) is 0 Å². The Morgan fingerprint density at radius 1 is 0.750 bits per heavy atom. The third-order valence-corrected chi connectivity index (χ3v) is 4.70. The molecular formula is C16H12BIN2. The molecule has 20 heavy (non-hydrogen) atoms. The molecule has 0 atom stereocenters. The van der Waals surface area contributed by atoms with E-state index in [0.717, 1.165) is 0 Å². The average Bonchev–Trinajstić information content (AvgIpc) is 2.48. The van der Waals surface area contributed by atoms with Gasteiger partial charge in [0.05, 0.1) is 0 Å². The van der Waals surface area contributed by atoms with E-state index in [2.05, 4.69) is 93.7 Å². The van der Waals surface area contributed by atoms with Crippen molar-refractivity contribution in [1.82, 2.24) is 0 Å². The second-order valence-corrected chi connectivity index (χ2v) is 6.11. The summed E-state index contributed by atoms with van der Waals surface area (Å²) < 4.78 is 1.27. The van der Waals surface area contributed by atoms with Gasteiger partial charge in [-0.2, -0.15) is 0 Å². The van der Waals surface area contributed by atoms with Crippen molar-refractivity contribution in [2.24, 2.45) is 0 Å². The Morgan fingerprint density at radius 3 is 2.05 bits per heavy atom. The summed E-state index contributed by atoms with van der Waals surface area (Å²) in [5.41, 5.74) is 3.67. The maximum atomic E-state index is 3.60. The third kappa shape index (κ3) is 1.86. The molecule has 2 N–H and O–H groups in total. The van der Waals surface area contributed by atoms with Gasteiger partial charge >= 0.3 is 6.98 Å². The first-order valence-corrected chi connectivity index (χ1v) is 7.70. The molecule has 1 aliphatic heterocycles. The highest BCUT2D eigenvalue weighted by Crippen LogP contribution is 2.33. The molecule has 1 heterocycles. The van der Waals surface area contributed by atoms with E-state index in [1.807, 2.05) is 0 Å². The first-order valence-electron chi connectivity index (χ1n) is 6.62. The molecule has 3 aromatic rings. The molecule has 0 saturated heterocycles. The summed E-state index contributed by atoms with van der Waals surface area (Å²) in [6, 6.07) is 21.3. The largest absolute Gasteiger partial charge is 0.407 e. The van der Waals surface area contributed by atoms with Crippen LogP contribution in [0.3, 0.4) is 0 Å². The molecule has 0 spiro atoms. The zero-order valence-corrected chi connectivity index (χ0v) is 12.9. The molecule has 4 rings (SSSR count). The fourth-order valence-electron chi connectivity index (χ4n) is 2.79. The minimum atomic E-state index is 0.114. The highest BCUT2D eigenvalue weighted by atomic mass is 127. The van der Waals surface area contributed by atoms with Crippen LogP contribution in [0.5, 0.6) is 0 Å². The zero-order valence-electron chi connectivity index (χ0n) is 10.7. The second kappa shape index (κ2) is 4.70. The van der Waals surface area contributed by atoms with Gasteiger partial charge in [0.25, 0.3) is 0 Å². The van der Waals surface area contributed by atoms with Crippen molar-refractivity contribution in [1.29, 1.82) is 0 Å². The number of anilines is 2. The van der Waals surface area contributed by atoms with Crippen LogP contribution in [0.25, 0.3) is 10.8 Å². The van der Waals surface area contributed by atoms with Crippen molar-refractivity contribution in [2.75, 3.05) is 10.5 Å². The lowest BCUT2D eigenvalue weighted by molar-refractivity contribution is 1.59. The Hall–Kier alpha value is -1.69. The van der Waals surface area contributed by atoms with Gasteiger partial charge in [0.15, 0.2) is 0 Å². The van der Waals surface area contributed by atoms with Gasteiger partial charge in [0.1, 0.15) is 0 Å². The van der Waals surface area contributed by atoms with Crippen LogP contribution in [-0.2, 0) is 0 Å². The van der Waals surface area contributed by atoms with Crippen molar-refractivity contribution in [2.45, 2.75) is 0 Å². The van der Waals surface area contributed by atoms with E-state index in [4.69, 9.17) is 0 Å². The van der Waals surface area contributed by atoms with Crippen molar-refractivity contribution >= 4 is 57.2 Å². The molecule has 0 unspecified atom stereocenters. The Kier molecular flexibility index (Phi) is 2.84. The highest BCUT2D eigenvalue weighted by molar-refractivity contribution is 14.1. The van der Waals surface area contributed by atoms with Crippen LogP contribution in [0.2, 0.25) is 0 Å². The number of hydrogen-bond acceptors (Lipinski definition) is 2.